The molecule has 0 aromatic rings. The quantitative estimate of drug-likeness (QED) is 0.618. The molecule has 64 valence electrons. The van der Waals surface area contributed by atoms with Gasteiger partial charge in [0.1, 0.15) is 0 Å². The van der Waals surface area contributed by atoms with Crippen LogP contribution in [0.15, 0.2) is 12.2 Å². The summed E-state index contributed by atoms with van der Waals surface area (Å²) in [6.07, 6.45) is 2.81. The summed E-state index contributed by atoms with van der Waals surface area (Å²) in [6.45, 7) is 4.81. The van der Waals surface area contributed by atoms with E-state index in [0.717, 1.165) is 0 Å². The molecule has 0 aliphatic rings. The maximum atomic E-state index is 10.0. The third-order valence-electron chi connectivity index (χ3n) is 1.54. The van der Waals surface area contributed by atoms with E-state index in [1.54, 1.807) is 6.08 Å². The van der Waals surface area contributed by atoms with Gasteiger partial charge in [-0.15, -0.1) is 0 Å². The van der Waals surface area contributed by atoms with Crippen molar-refractivity contribution in [2.75, 3.05) is 13.6 Å². The number of nitrogens with zero attached hydrogens (tertiary/aromatic N) is 1. The molecule has 0 fully saturated rings. The molecule has 0 aliphatic carbocycles. The van der Waals surface area contributed by atoms with E-state index in [4.69, 9.17) is 5.11 Å². The van der Waals surface area contributed by atoms with E-state index in [1.807, 2.05) is 7.05 Å². The second-order valence-corrected chi connectivity index (χ2v) is 2.77. The van der Waals surface area contributed by atoms with Gasteiger partial charge in [-0.25, -0.2) is 4.79 Å². The summed E-state index contributed by atoms with van der Waals surface area (Å²) in [7, 11) is 1.96. The summed E-state index contributed by atoms with van der Waals surface area (Å²) in [5.74, 6) is -0.887. The average Bonchev–Trinajstić information content (AvgIpc) is 1.86. The Hall–Kier alpha value is -0.830. The Morgan fingerprint density at radius 2 is 2.18 bits per heavy atom. The van der Waals surface area contributed by atoms with Crippen LogP contribution in [0.2, 0.25) is 0 Å². The van der Waals surface area contributed by atoms with E-state index in [0.29, 0.717) is 12.6 Å². The number of hydrogen-bond acceptors (Lipinski definition) is 2. The first-order valence-corrected chi connectivity index (χ1v) is 3.63. The van der Waals surface area contributed by atoms with Gasteiger partial charge in [0, 0.05) is 18.7 Å². The lowest BCUT2D eigenvalue weighted by molar-refractivity contribution is -0.131. The Balaban J connectivity index is 3.61. The third-order valence-corrected chi connectivity index (χ3v) is 1.54. The lowest BCUT2D eigenvalue weighted by atomic mass is 10.3. The first-order chi connectivity index (χ1) is 5.04. The van der Waals surface area contributed by atoms with E-state index in [-0.39, 0.29) is 0 Å². The van der Waals surface area contributed by atoms with Gasteiger partial charge in [-0.2, -0.15) is 0 Å². The van der Waals surface area contributed by atoms with E-state index >= 15 is 0 Å². The maximum absolute atomic E-state index is 10.0. The van der Waals surface area contributed by atoms with Gasteiger partial charge in [0.25, 0.3) is 0 Å². The van der Waals surface area contributed by atoms with Crippen molar-refractivity contribution in [1.82, 2.24) is 4.90 Å². The predicted molar refractivity (Wildman–Crippen MR) is 44.5 cm³/mol. The minimum absolute atomic E-state index is 0.452. The van der Waals surface area contributed by atoms with Crippen molar-refractivity contribution >= 4 is 5.97 Å². The summed E-state index contributed by atoms with van der Waals surface area (Å²) in [5, 5.41) is 8.26. The summed E-state index contributed by atoms with van der Waals surface area (Å²) in [6, 6.07) is 0.452. The molecule has 0 rings (SSSR count). The fraction of sp³-hybridized carbons (Fsp3) is 0.625. The van der Waals surface area contributed by atoms with Crippen LogP contribution in [0.25, 0.3) is 0 Å². The highest BCUT2D eigenvalue weighted by atomic mass is 16.4. The zero-order chi connectivity index (χ0) is 8.85. The highest BCUT2D eigenvalue weighted by molar-refractivity contribution is 5.79. The Morgan fingerprint density at radius 3 is 2.55 bits per heavy atom. The molecule has 0 radical (unpaired) electrons. The molecule has 11 heavy (non-hydrogen) atoms. The molecule has 1 N–H and O–H groups in total. The van der Waals surface area contributed by atoms with E-state index < -0.39 is 5.97 Å². The lowest BCUT2D eigenvalue weighted by Gasteiger charge is -2.18. The number of hydrogen-bond donors (Lipinski definition) is 1. The van der Waals surface area contributed by atoms with Gasteiger partial charge in [-0.3, -0.25) is 0 Å². The number of carbonyl (C=O) groups is 1. The number of rotatable bonds is 4. The number of carboxylic acids is 1. The first-order valence-electron chi connectivity index (χ1n) is 3.63. The third kappa shape index (κ3) is 5.61. The van der Waals surface area contributed by atoms with Gasteiger partial charge in [-0.1, -0.05) is 6.08 Å². The zero-order valence-electron chi connectivity index (χ0n) is 7.24. The van der Waals surface area contributed by atoms with Crippen LogP contribution >= 0.6 is 0 Å². The van der Waals surface area contributed by atoms with Crippen molar-refractivity contribution < 1.29 is 9.90 Å². The standard InChI is InChI=1S/C8H15NO2/c1-7(2)9(3)6-4-5-8(10)11/h4-5,7H,6H2,1-3H3,(H,10,11). The number of likely N-dealkylation sites (N-methyl/N-ethyl adjacent to an activating group) is 1. The number of aliphatic carboxylic acids is 1. The van der Waals surface area contributed by atoms with Gasteiger partial charge in [-0.05, 0) is 20.9 Å². The molecule has 0 saturated heterocycles. The van der Waals surface area contributed by atoms with E-state index in [1.165, 1.54) is 6.08 Å². The van der Waals surface area contributed by atoms with Crippen molar-refractivity contribution in [1.29, 1.82) is 0 Å². The Kier molecular flexibility index (Phi) is 4.54. The van der Waals surface area contributed by atoms with Gasteiger partial charge >= 0.3 is 5.97 Å². The van der Waals surface area contributed by atoms with E-state index in [9.17, 15) is 4.79 Å². The Morgan fingerprint density at radius 1 is 1.64 bits per heavy atom. The molecule has 0 aliphatic heterocycles. The highest BCUT2D eigenvalue weighted by Gasteiger charge is 1.98. The topological polar surface area (TPSA) is 40.5 Å². The molecule has 0 atom stereocenters. The monoisotopic (exact) mass is 157 g/mol. The van der Waals surface area contributed by atoms with Crippen LogP contribution in [0.4, 0.5) is 0 Å². The van der Waals surface area contributed by atoms with Crippen molar-refractivity contribution in [3.8, 4) is 0 Å². The molecule has 0 spiro atoms. The predicted octanol–water partition coefficient (Wildman–Crippen LogP) is 0.967. The van der Waals surface area contributed by atoms with Crippen molar-refractivity contribution in [3.63, 3.8) is 0 Å². The van der Waals surface area contributed by atoms with Crippen LogP contribution in [-0.2, 0) is 4.79 Å². The molecule has 0 aromatic heterocycles. The van der Waals surface area contributed by atoms with Gasteiger partial charge in [0.05, 0.1) is 0 Å². The van der Waals surface area contributed by atoms with Crippen LogP contribution < -0.4 is 0 Å². The van der Waals surface area contributed by atoms with Crippen molar-refractivity contribution in [2.24, 2.45) is 0 Å². The molecule has 3 heteroatoms. The molecule has 0 bridgehead atoms. The summed E-state index contributed by atoms with van der Waals surface area (Å²) in [4.78, 5) is 12.1. The second-order valence-electron chi connectivity index (χ2n) is 2.77. The van der Waals surface area contributed by atoms with Crippen LogP contribution in [0.3, 0.4) is 0 Å². The SMILES string of the molecule is CC(C)N(C)CC=CC(=O)O. The van der Waals surface area contributed by atoms with Crippen molar-refractivity contribution in [2.45, 2.75) is 19.9 Å². The zero-order valence-corrected chi connectivity index (χ0v) is 7.24. The van der Waals surface area contributed by atoms with Crippen LogP contribution in [0, 0.1) is 0 Å². The lowest BCUT2D eigenvalue weighted by Crippen LogP contribution is -2.26. The average molecular weight is 157 g/mol. The normalized spacial score (nSPS) is 11.7. The maximum Gasteiger partial charge on any atom is 0.328 e. The summed E-state index contributed by atoms with van der Waals surface area (Å²) in [5.41, 5.74) is 0. The van der Waals surface area contributed by atoms with Crippen LogP contribution in [-0.4, -0.2) is 35.6 Å². The Bertz CT molecular complexity index is 152. The minimum Gasteiger partial charge on any atom is -0.478 e. The molecule has 0 heterocycles. The summed E-state index contributed by atoms with van der Waals surface area (Å²) >= 11 is 0. The first kappa shape index (κ1) is 10.2. The molecular weight excluding hydrogens is 142 g/mol. The molecule has 0 saturated carbocycles. The summed E-state index contributed by atoms with van der Waals surface area (Å²) < 4.78 is 0. The number of carboxylic acid groups (broad SMARTS) is 1. The molecule has 3 nitrogen and oxygen atoms in total. The smallest absolute Gasteiger partial charge is 0.328 e. The van der Waals surface area contributed by atoms with Gasteiger partial charge in [0.15, 0.2) is 0 Å². The molecule has 0 amide bonds. The fourth-order valence-corrected chi connectivity index (χ4v) is 0.531. The second kappa shape index (κ2) is 4.91. The van der Waals surface area contributed by atoms with Crippen LogP contribution in [0.1, 0.15) is 13.8 Å². The largest absolute Gasteiger partial charge is 0.478 e. The van der Waals surface area contributed by atoms with E-state index in [2.05, 4.69) is 18.7 Å². The molecule has 0 aromatic carbocycles. The minimum atomic E-state index is -0.887. The van der Waals surface area contributed by atoms with Gasteiger partial charge < -0.3 is 10.0 Å². The van der Waals surface area contributed by atoms with Crippen molar-refractivity contribution in [3.05, 3.63) is 12.2 Å². The molecular formula is C8H15NO2. The molecule has 0 unspecified atom stereocenters. The fourth-order valence-electron chi connectivity index (χ4n) is 0.531. The van der Waals surface area contributed by atoms with Gasteiger partial charge in [0.2, 0.25) is 0 Å². The highest BCUT2D eigenvalue weighted by Crippen LogP contribution is 1.92. The Labute approximate surface area is 67.3 Å². The van der Waals surface area contributed by atoms with Crippen LogP contribution in [0.5, 0.6) is 0 Å².